The molecule has 0 aliphatic carbocycles. The maximum absolute atomic E-state index is 12.4. The normalized spacial score (nSPS) is 12.0. The van der Waals surface area contributed by atoms with Crippen LogP contribution >= 0.6 is 0 Å². The fourth-order valence-corrected chi connectivity index (χ4v) is 14.2. The zero-order valence-corrected chi connectivity index (χ0v) is 62.9. The minimum Gasteiger partial charge on any atom is -0.462 e. The minimum absolute atomic E-state index is 0.0550. The number of esters is 2. The summed E-state index contributed by atoms with van der Waals surface area (Å²) >= 11 is 0. The van der Waals surface area contributed by atoms with E-state index >= 15 is 0 Å². The second-order valence-electron chi connectivity index (χ2n) is 30.0. The van der Waals surface area contributed by atoms with Crippen molar-refractivity contribution >= 4 is 11.9 Å². The number of aliphatic hydroxyl groups is 1. The zero-order chi connectivity index (χ0) is 65.4. The molecule has 5 nitrogen and oxygen atoms in total. The zero-order valence-electron chi connectivity index (χ0n) is 62.9. The molecule has 1 atom stereocenters. The maximum Gasteiger partial charge on any atom is 0.306 e. The monoisotopic (exact) mass is 1280 g/mol. The number of hydrogen-bond acceptors (Lipinski definition) is 5. The molecule has 1 unspecified atom stereocenters. The van der Waals surface area contributed by atoms with Gasteiger partial charge in [-0.1, -0.05) is 495 Å². The molecule has 0 saturated heterocycles. The van der Waals surface area contributed by atoms with Crippen LogP contribution < -0.4 is 0 Å². The molecule has 0 aliphatic heterocycles. The van der Waals surface area contributed by atoms with Crippen LogP contribution in [0, 0.1) is 0 Å². The van der Waals surface area contributed by atoms with Gasteiger partial charge in [0.2, 0.25) is 0 Å². The van der Waals surface area contributed by atoms with E-state index in [0.29, 0.717) is 12.8 Å². The topological polar surface area (TPSA) is 72.8 Å². The Morgan fingerprint density at radius 3 is 0.484 bits per heavy atom. The first-order valence-corrected chi connectivity index (χ1v) is 43.1. The van der Waals surface area contributed by atoms with Gasteiger partial charge < -0.3 is 14.6 Å². The number of carbonyl (C=O) groups is 2. The molecule has 91 heavy (non-hydrogen) atoms. The Morgan fingerprint density at radius 2 is 0.341 bits per heavy atom. The number of ether oxygens (including phenoxy) is 2. The van der Waals surface area contributed by atoms with Crippen LogP contribution in [-0.4, -0.2) is 36.4 Å². The van der Waals surface area contributed by atoms with E-state index in [-0.39, 0.29) is 25.2 Å². The second-order valence-corrected chi connectivity index (χ2v) is 30.0. The Balaban J connectivity index is 3.31. The smallest absolute Gasteiger partial charge is 0.306 e. The molecule has 0 rings (SSSR count). The first-order chi connectivity index (χ1) is 45.1. The Bertz CT molecular complexity index is 1320. The highest BCUT2D eigenvalue weighted by atomic mass is 16.6. The van der Waals surface area contributed by atoms with E-state index in [1.807, 2.05) is 0 Å². The fraction of sp³-hybridized carbons (Fsp3) is 0.977. The van der Waals surface area contributed by atoms with Gasteiger partial charge in [-0.2, -0.15) is 0 Å². The molecule has 0 aliphatic rings. The Hall–Kier alpha value is -1.10. The van der Waals surface area contributed by atoms with Crippen LogP contribution in [0.15, 0.2) is 0 Å². The van der Waals surface area contributed by atoms with Crippen molar-refractivity contribution in [3.63, 3.8) is 0 Å². The van der Waals surface area contributed by atoms with Crippen molar-refractivity contribution in [3.05, 3.63) is 0 Å². The third kappa shape index (κ3) is 81.2. The van der Waals surface area contributed by atoms with Crippen molar-refractivity contribution < 1.29 is 24.2 Å². The van der Waals surface area contributed by atoms with Crippen LogP contribution in [0.1, 0.15) is 521 Å². The highest BCUT2D eigenvalue weighted by molar-refractivity contribution is 5.70. The van der Waals surface area contributed by atoms with E-state index in [2.05, 4.69) is 13.8 Å². The summed E-state index contributed by atoms with van der Waals surface area (Å²) in [4.78, 5) is 24.7. The Labute approximate surface area is 573 Å². The molecule has 5 heteroatoms. The van der Waals surface area contributed by atoms with Crippen LogP contribution in [-0.2, 0) is 19.1 Å². The number of hydrogen-bond donors (Lipinski definition) is 1. The lowest BCUT2D eigenvalue weighted by Crippen LogP contribution is -2.28. The molecule has 0 bridgehead atoms. The summed E-state index contributed by atoms with van der Waals surface area (Å²) in [7, 11) is 0. The molecule has 1 N–H and O–H groups in total. The van der Waals surface area contributed by atoms with Crippen LogP contribution in [0.2, 0.25) is 0 Å². The largest absolute Gasteiger partial charge is 0.462 e. The van der Waals surface area contributed by atoms with Gasteiger partial charge in [-0.25, -0.2) is 0 Å². The summed E-state index contributed by atoms with van der Waals surface area (Å²) < 4.78 is 10.8. The average Bonchev–Trinajstić information content (AvgIpc) is 3.62. The summed E-state index contributed by atoms with van der Waals surface area (Å²) in [5.41, 5.74) is 0. The first kappa shape index (κ1) is 89.9. The molecule has 0 fully saturated rings. The Kier molecular flexibility index (Phi) is 82.1. The number of rotatable bonds is 83. The molecular formula is C86H170O5. The van der Waals surface area contributed by atoms with Crippen LogP contribution in [0.4, 0.5) is 0 Å². The fourth-order valence-electron chi connectivity index (χ4n) is 14.2. The lowest BCUT2D eigenvalue weighted by molar-refractivity contribution is -0.161. The third-order valence-corrected chi connectivity index (χ3v) is 20.7. The maximum atomic E-state index is 12.4. The van der Waals surface area contributed by atoms with Gasteiger partial charge in [0.05, 0.1) is 6.61 Å². The van der Waals surface area contributed by atoms with Crippen molar-refractivity contribution in [2.75, 3.05) is 13.2 Å². The predicted molar refractivity (Wildman–Crippen MR) is 404 cm³/mol. The first-order valence-electron chi connectivity index (χ1n) is 43.1. The standard InChI is InChI=1S/C86H170O5/c1-3-5-7-9-11-13-15-17-19-21-23-25-27-29-31-33-35-37-39-41-42-43-45-47-49-51-53-55-57-59-61-63-65-67-69-71-73-75-77-79-81-86(89)91-84(82-87)83-90-85(88)80-78-76-74-72-70-68-66-64-62-60-58-56-54-52-50-48-46-44-40-38-36-34-32-30-28-26-24-22-20-18-16-14-12-10-8-6-4-2/h84,87H,3-83H2,1-2H3. The molecule has 544 valence electrons. The van der Waals surface area contributed by atoms with E-state index < -0.39 is 6.10 Å². The van der Waals surface area contributed by atoms with Crippen molar-refractivity contribution in [1.29, 1.82) is 0 Å². The van der Waals surface area contributed by atoms with Crippen LogP contribution in [0.5, 0.6) is 0 Å². The van der Waals surface area contributed by atoms with E-state index in [4.69, 9.17) is 9.47 Å². The second kappa shape index (κ2) is 83.1. The molecule has 0 spiro atoms. The van der Waals surface area contributed by atoms with Gasteiger partial charge in [0, 0.05) is 12.8 Å². The molecule has 0 aromatic rings. The summed E-state index contributed by atoms with van der Waals surface area (Å²) in [5.74, 6) is -0.554. The van der Waals surface area contributed by atoms with Crippen LogP contribution in [0.3, 0.4) is 0 Å². The lowest BCUT2D eigenvalue weighted by Gasteiger charge is -2.15. The van der Waals surface area contributed by atoms with E-state index in [9.17, 15) is 14.7 Å². The summed E-state index contributed by atoms with van der Waals surface area (Å²) in [6.45, 7) is 4.24. The predicted octanol–water partition coefficient (Wildman–Crippen LogP) is 30.3. The van der Waals surface area contributed by atoms with Gasteiger partial charge in [0.25, 0.3) is 0 Å². The molecule has 0 aromatic carbocycles. The third-order valence-electron chi connectivity index (χ3n) is 20.7. The molecule has 0 aromatic heterocycles. The van der Waals surface area contributed by atoms with E-state index in [1.165, 1.54) is 462 Å². The van der Waals surface area contributed by atoms with Gasteiger partial charge in [-0.05, 0) is 12.8 Å². The van der Waals surface area contributed by atoms with Crippen molar-refractivity contribution in [2.45, 2.75) is 527 Å². The van der Waals surface area contributed by atoms with Crippen LogP contribution in [0.25, 0.3) is 0 Å². The summed E-state index contributed by atoms with van der Waals surface area (Å²) in [6.07, 6.45) is 108. The average molecular weight is 1280 g/mol. The van der Waals surface area contributed by atoms with Gasteiger partial charge in [0.1, 0.15) is 6.61 Å². The van der Waals surface area contributed by atoms with Gasteiger partial charge in [0.15, 0.2) is 6.10 Å². The van der Waals surface area contributed by atoms with Crippen molar-refractivity contribution in [1.82, 2.24) is 0 Å². The van der Waals surface area contributed by atoms with E-state index in [0.717, 1.165) is 32.1 Å². The lowest BCUT2D eigenvalue weighted by atomic mass is 10.0. The van der Waals surface area contributed by atoms with Gasteiger partial charge in [-0.15, -0.1) is 0 Å². The Morgan fingerprint density at radius 1 is 0.209 bits per heavy atom. The number of unbranched alkanes of at least 4 members (excludes halogenated alkanes) is 75. The van der Waals surface area contributed by atoms with Crippen molar-refractivity contribution in [3.8, 4) is 0 Å². The van der Waals surface area contributed by atoms with Gasteiger partial charge in [-0.3, -0.25) is 9.59 Å². The van der Waals surface area contributed by atoms with E-state index in [1.54, 1.807) is 0 Å². The van der Waals surface area contributed by atoms with Gasteiger partial charge >= 0.3 is 11.9 Å². The molecular weight excluding hydrogens is 1110 g/mol. The minimum atomic E-state index is -0.767. The highest BCUT2D eigenvalue weighted by Crippen LogP contribution is 2.22. The van der Waals surface area contributed by atoms with Crippen molar-refractivity contribution in [2.24, 2.45) is 0 Å². The summed E-state index contributed by atoms with van der Waals surface area (Å²) in [5, 5.41) is 9.74. The summed E-state index contributed by atoms with van der Waals surface area (Å²) in [6, 6.07) is 0. The molecule has 0 saturated carbocycles. The number of aliphatic hydroxyl groups excluding tert-OH is 1. The molecule has 0 heterocycles. The SMILES string of the molecule is CCCCCCCCCCCCCCCCCCCCCCCCCCCCCCCCCCCCCCCCCCC(=O)OC(CO)COC(=O)CCCCCCCCCCCCCCCCCCCCCCCCCCCCCCCCCCCCCCC. The highest BCUT2D eigenvalue weighted by Gasteiger charge is 2.16. The quantitative estimate of drug-likeness (QED) is 0.0485. The molecule has 0 amide bonds. The molecule has 0 radical (unpaired) electrons. The number of carbonyl (C=O) groups excluding carboxylic acids is 2.